The molecule has 2 heterocycles. The smallest absolute Gasteiger partial charge is 0.413 e. The molecule has 1 aromatic rings. The van der Waals surface area contributed by atoms with E-state index in [1.54, 1.807) is 17.9 Å². The van der Waals surface area contributed by atoms with Crippen LogP contribution in [0.2, 0.25) is 0 Å². The molecule has 0 spiro atoms. The third-order valence-electron chi connectivity index (χ3n) is 3.71. The van der Waals surface area contributed by atoms with Crippen molar-refractivity contribution < 1.29 is 28.7 Å². The number of amides is 3. The standard InChI is InChI=1S/C16H20N2O6S/c1-2-23-16(22)17-13(19)10-24-15(21)11-5-7-18(8-6-11)14(20)12-4-3-9-25-12/h3-4,9,11H,2,5-8,10H2,1H3,(H,17,19,22). The van der Waals surface area contributed by atoms with E-state index in [4.69, 9.17) is 4.74 Å². The first-order valence-electron chi connectivity index (χ1n) is 7.97. The van der Waals surface area contributed by atoms with Crippen LogP contribution in [0.25, 0.3) is 0 Å². The van der Waals surface area contributed by atoms with Crippen LogP contribution in [0.15, 0.2) is 17.5 Å². The van der Waals surface area contributed by atoms with Gasteiger partial charge in [-0.25, -0.2) is 4.79 Å². The highest BCUT2D eigenvalue weighted by Gasteiger charge is 2.29. The molecule has 0 saturated carbocycles. The summed E-state index contributed by atoms with van der Waals surface area (Å²) in [5.74, 6) is -1.63. The maximum absolute atomic E-state index is 12.2. The predicted octanol–water partition coefficient (Wildman–Crippen LogP) is 1.42. The number of esters is 1. The van der Waals surface area contributed by atoms with Gasteiger partial charge in [0.2, 0.25) is 0 Å². The van der Waals surface area contributed by atoms with E-state index >= 15 is 0 Å². The second kappa shape index (κ2) is 9.16. The number of hydrogen-bond acceptors (Lipinski definition) is 7. The van der Waals surface area contributed by atoms with Gasteiger partial charge in [-0.2, -0.15) is 0 Å². The zero-order valence-corrected chi connectivity index (χ0v) is 14.7. The number of imide groups is 1. The summed E-state index contributed by atoms with van der Waals surface area (Å²) in [6.07, 6.45) is 0.0918. The lowest BCUT2D eigenvalue weighted by molar-refractivity contribution is -0.153. The molecule has 0 atom stereocenters. The third-order valence-corrected chi connectivity index (χ3v) is 4.57. The summed E-state index contributed by atoms with van der Waals surface area (Å²) in [7, 11) is 0. The summed E-state index contributed by atoms with van der Waals surface area (Å²) in [6, 6.07) is 3.60. The average molecular weight is 368 g/mol. The minimum atomic E-state index is -0.871. The third kappa shape index (κ3) is 5.56. The monoisotopic (exact) mass is 368 g/mol. The lowest BCUT2D eigenvalue weighted by atomic mass is 9.97. The summed E-state index contributed by atoms with van der Waals surface area (Å²) in [6.45, 7) is 2.14. The van der Waals surface area contributed by atoms with E-state index in [-0.39, 0.29) is 18.4 Å². The minimum Gasteiger partial charge on any atom is -0.455 e. The summed E-state index contributed by atoms with van der Waals surface area (Å²) < 4.78 is 9.48. The van der Waals surface area contributed by atoms with E-state index in [0.717, 1.165) is 0 Å². The highest BCUT2D eigenvalue weighted by Crippen LogP contribution is 2.21. The van der Waals surface area contributed by atoms with Gasteiger partial charge in [-0.15, -0.1) is 11.3 Å². The van der Waals surface area contributed by atoms with Crippen molar-refractivity contribution in [2.75, 3.05) is 26.3 Å². The number of hydrogen-bond donors (Lipinski definition) is 1. The number of piperidine rings is 1. The predicted molar refractivity (Wildman–Crippen MR) is 89.1 cm³/mol. The maximum atomic E-state index is 12.2. The number of carbonyl (C=O) groups excluding carboxylic acids is 4. The van der Waals surface area contributed by atoms with Crippen LogP contribution in [0, 0.1) is 5.92 Å². The van der Waals surface area contributed by atoms with Crippen molar-refractivity contribution in [1.82, 2.24) is 10.2 Å². The van der Waals surface area contributed by atoms with Crippen LogP contribution in [0.1, 0.15) is 29.4 Å². The van der Waals surface area contributed by atoms with Crippen LogP contribution in [-0.4, -0.2) is 55.1 Å². The summed E-state index contributed by atoms with van der Waals surface area (Å²) in [5.41, 5.74) is 0. The van der Waals surface area contributed by atoms with Gasteiger partial charge in [0.25, 0.3) is 11.8 Å². The van der Waals surface area contributed by atoms with Gasteiger partial charge in [0.05, 0.1) is 17.4 Å². The topological polar surface area (TPSA) is 102 Å². The Hall–Kier alpha value is -2.42. The fourth-order valence-electron chi connectivity index (χ4n) is 2.45. The molecule has 2 rings (SSSR count). The summed E-state index contributed by atoms with van der Waals surface area (Å²) in [4.78, 5) is 49.1. The van der Waals surface area contributed by atoms with Gasteiger partial charge in [0, 0.05) is 13.1 Å². The van der Waals surface area contributed by atoms with E-state index < -0.39 is 24.6 Å². The second-order valence-corrected chi connectivity index (χ2v) is 6.37. The van der Waals surface area contributed by atoms with Crippen molar-refractivity contribution in [1.29, 1.82) is 0 Å². The fourth-order valence-corrected chi connectivity index (χ4v) is 3.14. The van der Waals surface area contributed by atoms with Crippen molar-refractivity contribution >= 4 is 35.2 Å². The molecular formula is C16H20N2O6S. The molecule has 1 N–H and O–H groups in total. The molecule has 3 amide bonds. The van der Waals surface area contributed by atoms with E-state index in [0.29, 0.717) is 30.8 Å². The number of thiophene rings is 1. The number of alkyl carbamates (subject to hydrolysis) is 1. The average Bonchev–Trinajstić information content (AvgIpc) is 3.14. The van der Waals surface area contributed by atoms with Gasteiger partial charge in [-0.05, 0) is 31.2 Å². The Labute approximate surface area is 149 Å². The first kappa shape index (κ1) is 18.9. The maximum Gasteiger partial charge on any atom is 0.413 e. The molecule has 9 heteroatoms. The van der Waals surface area contributed by atoms with Crippen molar-refractivity contribution in [3.05, 3.63) is 22.4 Å². The summed E-state index contributed by atoms with van der Waals surface area (Å²) in [5, 5.41) is 3.79. The minimum absolute atomic E-state index is 0.0318. The van der Waals surface area contributed by atoms with Gasteiger partial charge in [-0.1, -0.05) is 6.07 Å². The van der Waals surface area contributed by atoms with Crippen molar-refractivity contribution in [3.8, 4) is 0 Å². The SMILES string of the molecule is CCOC(=O)NC(=O)COC(=O)C1CCN(C(=O)c2cccs2)CC1. The molecule has 0 unspecified atom stereocenters. The number of likely N-dealkylation sites (tertiary alicyclic amines) is 1. The Balaban J connectivity index is 1.71. The molecule has 1 fully saturated rings. The molecule has 1 aromatic heterocycles. The van der Waals surface area contributed by atoms with Crippen LogP contribution in [-0.2, 0) is 19.1 Å². The Morgan fingerprint density at radius 1 is 1.24 bits per heavy atom. The van der Waals surface area contributed by atoms with Gasteiger partial charge in [0.1, 0.15) is 0 Å². The molecule has 0 aliphatic carbocycles. The molecule has 8 nitrogen and oxygen atoms in total. The molecule has 1 aliphatic rings. The largest absolute Gasteiger partial charge is 0.455 e. The lowest BCUT2D eigenvalue weighted by Crippen LogP contribution is -2.41. The number of ether oxygens (including phenoxy) is 2. The molecule has 0 aromatic carbocycles. The van der Waals surface area contributed by atoms with Gasteiger partial charge in [-0.3, -0.25) is 19.7 Å². The molecule has 0 radical (unpaired) electrons. The van der Waals surface area contributed by atoms with Crippen LogP contribution < -0.4 is 5.32 Å². The van der Waals surface area contributed by atoms with Gasteiger partial charge < -0.3 is 14.4 Å². The Bertz CT molecular complexity index is 623. The van der Waals surface area contributed by atoms with E-state index in [9.17, 15) is 19.2 Å². The van der Waals surface area contributed by atoms with E-state index in [1.165, 1.54) is 11.3 Å². The Morgan fingerprint density at radius 3 is 2.56 bits per heavy atom. The molecular weight excluding hydrogens is 348 g/mol. The number of nitrogens with zero attached hydrogens (tertiary/aromatic N) is 1. The molecule has 0 bridgehead atoms. The number of nitrogens with one attached hydrogen (secondary N) is 1. The normalized spacial score (nSPS) is 14.7. The molecule has 1 aliphatic heterocycles. The number of rotatable bonds is 5. The zero-order chi connectivity index (χ0) is 18.2. The van der Waals surface area contributed by atoms with Crippen molar-refractivity contribution in [2.24, 2.45) is 5.92 Å². The Morgan fingerprint density at radius 2 is 1.96 bits per heavy atom. The molecule has 1 saturated heterocycles. The van der Waals surface area contributed by atoms with Gasteiger partial charge in [0.15, 0.2) is 6.61 Å². The van der Waals surface area contributed by atoms with E-state index in [2.05, 4.69) is 4.74 Å². The van der Waals surface area contributed by atoms with Gasteiger partial charge >= 0.3 is 12.1 Å². The summed E-state index contributed by atoms with van der Waals surface area (Å²) >= 11 is 1.39. The van der Waals surface area contributed by atoms with Crippen LogP contribution >= 0.6 is 11.3 Å². The molecule has 136 valence electrons. The fraction of sp³-hybridized carbons (Fsp3) is 0.500. The lowest BCUT2D eigenvalue weighted by Gasteiger charge is -2.30. The first-order valence-corrected chi connectivity index (χ1v) is 8.85. The highest BCUT2D eigenvalue weighted by molar-refractivity contribution is 7.12. The Kier molecular flexibility index (Phi) is 6.93. The second-order valence-electron chi connectivity index (χ2n) is 5.42. The molecule has 25 heavy (non-hydrogen) atoms. The number of carbonyl (C=O) groups is 4. The highest BCUT2D eigenvalue weighted by atomic mass is 32.1. The van der Waals surface area contributed by atoms with Crippen LogP contribution in [0.5, 0.6) is 0 Å². The van der Waals surface area contributed by atoms with Crippen molar-refractivity contribution in [3.63, 3.8) is 0 Å². The quantitative estimate of drug-likeness (QED) is 0.789. The van der Waals surface area contributed by atoms with E-state index in [1.807, 2.05) is 16.8 Å². The zero-order valence-electron chi connectivity index (χ0n) is 13.9. The first-order chi connectivity index (χ1) is 12.0. The van der Waals surface area contributed by atoms with Crippen molar-refractivity contribution in [2.45, 2.75) is 19.8 Å². The van der Waals surface area contributed by atoms with Crippen LogP contribution in [0.4, 0.5) is 4.79 Å². The van der Waals surface area contributed by atoms with Crippen LogP contribution in [0.3, 0.4) is 0 Å².